The van der Waals surface area contributed by atoms with Crippen LogP contribution in [0.5, 0.6) is 11.5 Å². The van der Waals surface area contributed by atoms with Crippen LogP contribution >= 0.6 is 12.2 Å². The van der Waals surface area contributed by atoms with Crippen molar-refractivity contribution in [3.63, 3.8) is 0 Å². The molecule has 0 bridgehead atoms. The van der Waals surface area contributed by atoms with Gasteiger partial charge in [0.2, 0.25) is 0 Å². The first-order valence-corrected chi connectivity index (χ1v) is 7.58. The zero-order valence-electron chi connectivity index (χ0n) is 13.9. The number of amides is 3. The summed E-state index contributed by atoms with van der Waals surface area (Å²) in [5, 5.41) is 0.139. The maximum Gasteiger partial charge on any atom is 0.265 e. The smallest absolute Gasteiger partial charge is 0.265 e. The summed E-state index contributed by atoms with van der Waals surface area (Å²) in [4.78, 5) is 37.9. The molecule has 0 unspecified atom stereocenters. The molecule has 0 atom stereocenters. The Kier molecular flexibility index (Phi) is 5.38. The van der Waals surface area contributed by atoms with Crippen LogP contribution in [0, 0.1) is 0 Å². The lowest BCUT2D eigenvalue weighted by Crippen LogP contribution is -2.52. The summed E-state index contributed by atoms with van der Waals surface area (Å²) < 4.78 is 10.4. The molecule has 2 rings (SSSR count). The number of nitrogens with two attached hydrogens (primary N) is 1. The second kappa shape index (κ2) is 7.31. The van der Waals surface area contributed by atoms with E-state index >= 15 is 0 Å². The third kappa shape index (κ3) is 3.77. The summed E-state index contributed by atoms with van der Waals surface area (Å²) in [6.45, 7) is -0.291. The van der Waals surface area contributed by atoms with Gasteiger partial charge in [-0.2, -0.15) is 0 Å². The van der Waals surface area contributed by atoms with E-state index in [2.05, 4.69) is 0 Å². The number of primary amides is 1. The first-order valence-electron chi connectivity index (χ1n) is 7.17. The van der Waals surface area contributed by atoms with Crippen molar-refractivity contribution in [3.05, 3.63) is 29.3 Å². The van der Waals surface area contributed by atoms with E-state index in [-0.39, 0.29) is 17.3 Å². The molecule has 1 heterocycles. The molecule has 25 heavy (non-hydrogen) atoms. The van der Waals surface area contributed by atoms with Crippen LogP contribution in [0.2, 0.25) is 0 Å². The third-order valence-electron chi connectivity index (χ3n) is 3.51. The summed E-state index contributed by atoms with van der Waals surface area (Å²) in [7, 11) is 4.44. The molecule has 1 aliphatic heterocycles. The van der Waals surface area contributed by atoms with E-state index in [1.54, 1.807) is 18.2 Å². The minimum atomic E-state index is -0.617. The standard InChI is InChI=1S/C16H17N3O5S/c1-18-14(21)10(15(22)19(2)16(18)25)6-9-4-5-11(12(7-9)23-3)24-8-13(17)20/h4-7H,8H2,1-3H3,(H2,17,20). The highest BCUT2D eigenvalue weighted by Crippen LogP contribution is 2.29. The number of carbonyl (C=O) groups is 3. The molecule has 0 aromatic heterocycles. The number of rotatable bonds is 5. The fraction of sp³-hybridized carbons (Fsp3) is 0.250. The van der Waals surface area contributed by atoms with Crippen LogP contribution in [0.15, 0.2) is 23.8 Å². The largest absolute Gasteiger partial charge is 0.493 e. The van der Waals surface area contributed by atoms with E-state index < -0.39 is 17.7 Å². The van der Waals surface area contributed by atoms with Crippen LogP contribution in [0.1, 0.15) is 5.56 Å². The number of hydrogen-bond donors (Lipinski definition) is 1. The molecule has 1 saturated heterocycles. The number of carbonyl (C=O) groups excluding carboxylic acids is 3. The third-order valence-corrected chi connectivity index (χ3v) is 4.06. The minimum absolute atomic E-state index is 0.0218. The molecule has 132 valence electrons. The summed E-state index contributed by atoms with van der Waals surface area (Å²) in [5.74, 6) is -0.931. The van der Waals surface area contributed by atoms with E-state index in [9.17, 15) is 14.4 Å². The first kappa shape index (κ1) is 18.4. The average Bonchev–Trinajstić information content (AvgIpc) is 2.60. The molecule has 1 aromatic carbocycles. The molecule has 9 heteroatoms. The summed E-state index contributed by atoms with van der Waals surface area (Å²) in [6, 6.07) is 4.76. The Morgan fingerprint density at radius 2 is 1.80 bits per heavy atom. The number of hydrogen-bond acceptors (Lipinski definition) is 6. The lowest BCUT2D eigenvalue weighted by Gasteiger charge is -2.31. The fourth-order valence-electron chi connectivity index (χ4n) is 2.18. The summed E-state index contributed by atoms with van der Waals surface area (Å²) in [6.07, 6.45) is 1.44. The molecular formula is C16H17N3O5S. The van der Waals surface area contributed by atoms with Gasteiger partial charge in [-0.3, -0.25) is 24.2 Å². The molecule has 3 amide bonds. The lowest BCUT2D eigenvalue weighted by molar-refractivity contribution is -0.132. The lowest BCUT2D eigenvalue weighted by atomic mass is 10.1. The van der Waals surface area contributed by atoms with Crippen LogP contribution in [0.3, 0.4) is 0 Å². The number of nitrogens with zero attached hydrogens (tertiary/aromatic N) is 2. The number of likely N-dealkylation sites (N-methyl/N-ethyl adjacent to an activating group) is 2. The van der Waals surface area contributed by atoms with Crippen molar-refractivity contribution in [1.82, 2.24) is 9.80 Å². The maximum absolute atomic E-state index is 12.3. The van der Waals surface area contributed by atoms with Crippen molar-refractivity contribution < 1.29 is 23.9 Å². The van der Waals surface area contributed by atoms with Crippen LogP contribution < -0.4 is 15.2 Å². The van der Waals surface area contributed by atoms with E-state index in [0.717, 1.165) is 0 Å². The number of thiocarbonyl (C=S) groups is 1. The van der Waals surface area contributed by atoms with E-state index in [1.807, 2.05) is 0 Å². The number of methoxy groups -OCH3 is 1. The number of benzene rings is 1. The van der Waals surface area contributed by atoms with Gasteiger partial charge in [-0.1, -0.05) is 6.07 Å². The minimum Gasteiger partial charge on any atom is -0.493 e. The molecular weight excluding hydrogens is 346 g/mol. The zero-order chi connectivity index (χ0) is 18.7. The van der Waals surface area contributed by atoms with Gasteiger partial charge < -0.3 is 15.2 Å². The maximum atomic E-state index is 12.3. The van der Waals surface area contributed by atoms with Crippen LogP contribution in [-0.4, -0.2) is 60.4 Å². The summed E-state index contributed by atoms with van der Waals surface area (Å²) in [5.41, 5.74) is 5.57. The Bertz CT molecular complexity index is 764. The Labute approximate surface area is 149 Å². The highest BCUT2D eigenvalue weighted by Gasteiger charge is 2.35. The topological polar surface area (TPSA) is 102 Å². The molecule has 2 N–H and O–H groups in total. The van der Waals surface area contributed by atoms with Crippen molar-refractivity contribution in [1.29, 1.82) is 0 Å². The van der Waals surface area contributed by atoms with Gasteiger partial charge in [0, 0.05) is 14.1 Å². The van der Waals surface area contributed by atoms with Crippen molar-refractivity contribution in [2.24, 2.45) is 5.73 Å². The van der Waals surface area contributed by atoms with E-state index in [4.69, 9.17) is 27.4 Å². The molecule has 8 nitrogen and oxygen atoms in total. The molecule has 0 aliphatic carbocycles. The van der Waals surface area contributed by atoms with Crippen LogP contribution in [0.4, 0.5) is 0 Å². The van der Waals surface area contributed by atoms with Gasteiger partial charge in [-0.25, -0.2) is 0 Å². The monoisotopic (exact) mass is 363 g/mol. The number of ether oxygens (including phenoxy) is 2. The van der Waals surface area contributed by atoms with Crippen LogP contribution in [0.25, 0.3) is 6.08 Å². The van der Waals surface area contributed by atoms with Gasteiger partial charge in [0.15, 0.2) is 23.2 Å². The second-order valence-electron chi connectivity index (χ2n) is 5.23. The molecule has 1 aromatic rings. The molecule has 1 fully saturated rings. The predicted octanol–water partition coefficient (Wildman–Crippen LogP) is 0.158. The molecule has 0 saturated carbocycles. The Morgan fingerprint density at radius 1 is 1.20 bits per heavy atom. The van der Waals surface area contributed by atoms with Crippen molar-refractivity contribution >= 4 is 41.1 Å². The highest BCUT2D eigenvalue weighted by molar-refractivity contribution is 7.80. The van der Waals surface area contributed by atoms with Crippen molar-refractivity contribution in [2.45, 2.75) is 0 Å². The van der Waals surface area contributed by atoms with E-state index in [1.165, 1.54) is 37.1 Å². The second-order valence-corrected chi connectivity index (χ2v) is 5.60. The molecule has 0 spiro atoms. The predicted molar refractivity (Wildman–Crippen MR) is 93.8 cm³/mol. The molecule has 1 aliphatic rings. The normalized spacial score (nSPS) is 14.7. The fourth-order valence-corrected chi connectivity index (χ4v) is 2.35. The Balaban J connectivity index is 2.36. The SMILES string of the molecule is COc1cc(C=C2C(=O)N(C)C(=S)N(C)C2=O)ccc1OCC(N)=O. The van der Waals surface area contributed by atoms with Crippen LogP contribution in [-0.2, 0) is 14.4 Å². The van der Waals surface area contributed by atoms with E-state index in [0.29, 0.717) is 17.1 Å². The first-order chi connectivity index (χ1) is 11.8. The van der Waals surface area contributed by atoms with Gasteiger partial charge in [-0.05, 0) is 36.0 Å². The molecule has 0 radical (unpaired) electrons. The Morgan fingerprint density at radius 3 is 2.32 bits per heavy atom. The van der Waals surface area contributed by atoms with Gasteiger partial charge in [0.1, 0.15) is 5.57 Å². The van der Waals surface area contributed by atoms with Gasteiger partial charge in [0.05, 0.1) is 7.11 Å². The average molecular weight is 363 g/mol. The quantitative estimate of drug-likeness (QED) is 0.454. The van der Waals surface area contributed by atoms with Gasteiger partial charge >= 0.3 is 0 Å². The highest BCUT2D eigenvalue weighted by atomic mass is 32.1. The van der Waals surface area contributed by atoms with Crippen molar-refractivity contribution in [3.8, 4) is 11.5 Å². The van der Waals surface area contributed by atoms with Crippen molar-refractivity contribution in [2.75, 3.05) is 27.8 Å². The summed E-state index contributed by atoms with van der Waals surface area (Å²) >= 11 is 5.04. The zero-order valence-corrected chi connectivity index (χ0v) is 14.8. The Hall–Kier alpha value is -2.94. The van der Waals surface area contributed by atoms with Gasteiger partial charge in [0.25, 0.3) is 17.7 Å². The van der Waals surface area contributed by atoms with Gasteiger partial charge in [-0.15, -0.1) is 0 Å².